The summed E-state index contributed by atoms with van der Waals surface area (Å²) in [5.41, 5.74) is 0.295. The van der Waals surface area contributed by atoms with Crippen LogP contribution in [0.5, 0.6) is 0 Å². The van der Waals surface area contributed by atoms with Crippen molar-refractivity contribution >= 4 is 10.8 Å². The molecule has 0 aromatic carbocycles. The number of rotatable bonds is 6. The van der Waals surface area contributed by atoms with Crippen LogP contribution in [0.3, 0.4) is 0 Å². The van der Waals surface area contributed by atoms with Gasteiger partial charge in [-0.15, -0.1) is 0 Å². The fourth-order valence-corrected chi connectivity index (χ4v) is 4.77. The summed E-state index contributed by atoms with van der Waals surface area (Å²) in [5.74, 6) is 0. The van der Waals surface area contributed by atoms with Crippen LogP contribution in [0.15, 0.2) is 0 Å². The minimum atomic E-state index is -0.683. The van der Waals surface area contributed by atoms with Crippen LogP contribution in [-0.2, 0) is 10.8 Å². The van der Waals surface area contributed by atoms with Crippen LogP contribution in [0, 0.1) is 5.41 Å². The molecule has 3 heteroatoms. The topological polar surface area (TPSA) is 29.1 Å². The zero-order valence-electron chi connectivity index (χ0n) is 12.1. The molecule has 17 heavy (non-hydrogen) atoms. The van der Waals surface area contributed by atoms with Gasteiger partial charge in [0, 0.05) is 22.1 Å². The Kier molecular flexibility index (Phi) is 5.65. The Hall–Kier alpha value is 0.110. The van der Waals surface area contributed by atoms with Crippen molar-refractivity contribution in [3.63, 3.8) is 0 Å². The lowest BCUT2D eigenvalue weighted by atomic mass is 9.87. The van der Waals surface area contributed by atoms with Gasteiger partial charge in [-0.05, 0) is 37.6 Å². The molecule has 0 amide bonds. The standard InChI is InChI=1S/C14H29NOS/c1-6-10-15-13-12(8-9-14(13,4)5)17(16)11(3)7-2/h11-13,15H,6-10H2,1-5H3. The molecule has 1 aliphatic carbocycles. The number of nitrogens with one attached hydrogen (secondary N) is 1. The van der Waals surface area contributed by atoms with Gasteiger partial charge in [0.05, 0.1) is 5.25 Å². The molecule has 4 atom stereocenters. The van der Waals surface area contributed by atoms with E-state index in [2.05, 4.69) is 39.9 Å². The van der Waals surface area contributed by atoms with Gasteiger partial charge in [0.1, 0.15) is 0 Å². The van der Waals surface area contributed by atoms with Gasteiger partial charge < -0.3 is 5.32 Å². The normalized spacial score (nSPS) is 31.4. The predicted octanol–water partition coefficient (Wildman–Crippen LogP) is 3.09. The summed E-state index contributed by atoms with van der Waals surface area (Å²) >= 11 is 0. The summed E-state index contributed by atoms with van der Waals surface area (Å²) in [5, 5.41) is 4.32. The van der Waals surface area contributed by atoms with Gasteiger partial charge in [0.2, 0.25) is 0 Å². The van der Waals surface area contributed by atoms with Crippen LogP contribution in [0.25, 0.3) is 0 Å². The van der Waals surface area contributed by atoms with Gasteiger partial charge in [0.25, 0.3) is 0 Å². The quantitative estimate of drug-likeness (QED) is 0.794. The summed E-state index contributed by atoms with van der Waals surface area (Å²) in [7, 11) is -0.683. The lowest BCUT2D eigenvalue weighted by Gasteiger charge is -2.32. The highest BCUT2D eigenvalue weighted by atomic mass is 32.2. The SMILES string of the molecule is CCCNC1C(S(=O)C(C)CC)CCC1(C)C. The predicted molar refractivity (Wildman–Crippen MR) is 76.8 cm³/mol. The monoisotopic (exact) mass is 259 g/mol. The van der Waals surface area contributed by atoms with Crippen LogP contribution in [0.4, 0.5) is 0 Å². The Bertz CT molecular complexity index is 265. The Balaban J connectivity index is 2.74. The second kappa shape index (κ2) is 6.33. The van der Waals surface area contributed by atoms with E-state index in [4.69, 9.17) is 0 Å². The smallest absolute Gasteiger partial charge is 0.0509 e. The highest BCUT2D eigenvalue weighted by molar-refractivity contribution is 7.86. The molecule has 0 aromatic rings. The van der Waals surface area contributed by atoms with Gasteiger partial charge in [-0.25, -0.2) is 0 Å². The molecule has 2 nitrogen and oxygen atoms in total. The summed E-state index contributed by atoms with van der Waals surface area (Å²) in [6.07, 6.45) is 4.48. The molecule has 0 aliphatic heterocycles. The first kappa shape index (κ1) is 15.2. The maximum Gasteiger partial charge on any atom is 0.0509 e. The zero-order valence-corrected chi connectivity index (χ0v) is 12.9. The third kappa shape index (κ3) is 3.54. The Morgan fingerprint density at radius 3 is 2.59 bits per heavy atom. The van der Waals surface area contributed by atoms with E-state index in [0.29, 0.717) is 22.0 Å². The maximum absolute atomic E-state index is 12.5. The Morgan fingerprint density at radius 2 is 2.06 bits per heavy atom. The molecule has 1 saturated carbocycles. The summed E-state index contributed by atoms with van der Waals surface area (Å²) in [6, 6.07) is 0.428. The summed E-state index contributed by atoms with van der Waals surface area (Å²) in [4.78, 5) is 0. The van der Waals surface area contributed by atoms with Crippen molar-refractivity contribution in [3.8, 4) is 0 Å². The molecule has 1 aliphatic rings. The van der Waals surface area contributed by atoms with Gasteiger partial charge in [-0.2, -0.15) is 0 Å². The average molecular weight is 259 g/mol. The second-order valence-electron chi connectivity index (χ2n) is 6.04. The summed E-state index contributed by atoms with van der Waals surface area (Å²) < 4.78 is 12.5. The maximum atomic E-state index is 12.5. The lowest BCUT2D eigenvalue weighted by Crippen LogP contribution is -2.47. The van der Waals surface area contributed by atoms with Crippen molar-refractivity contribution in [2.24, 2.45) is 5.41 Å². The molecule has 1 fully saturated rings. The minimum absolute atomic E-state index is 0.295. The van der Waals surface area contributed by atoms with Crippen LogP contribution in [0.2, 0.25) is 0 Å². The Labute approximate surface area is 109 Å². The van der Waals surface area contributed by atoms with E-state index in [1.54, 1.807) is 0 Å². The van der Waals surface area contributed by atoms with E-state index >= 15 is 0 Å². The third-order valence-electron chi connectivity index (χ3n) is 4.17. The first-order chi connectivity index (χ1) is 7.94. The zero-order chi connectivity index (χ0) is 13.1. The van der Waals surface area contributed by atoms with Crippen molar-refractivity contribution in [2.75, 3.05) is 6.54 Å². The number of hydrogen-bond donors (Lipinski definition) is 1. The molecule has 0 spiro atoms. The second-order valence-corrected chi connectivity index (χ2v) is 8.11. The molecule has 0 aromatic heterocycles. The fraction of sp³-hybridized carbons (Fsp3) is 1.00. The van der Waals surface area contributed by atoms with E-state index < -0.39 is 10.8 Å². The van der Waals surface area contributed by atoms with Crippen molar-refractivity contribution < 1.29 is 4.21 Å². The highest BCUT2D eigenvalue weighted by Crippen LogP contribution is 2.40. The van der Waals surface area contributed by atoms with Crippen LogP contribution >= 0.6 is 0 Å². The first-order valence-corrected chi connectivity index (χ1v) is 8.34. The van der Waals surface area contributed by atoms with Crippen molar-refractivity contribution in [1.29, 1.82) is 0 Å². The van der Waals surface area contributed by atoms with E-state index in [1.165, 1.54) is 6.42 Å². The van der Waals surface area contributed by atoms with Gasteiger partial charge in [0.15, 0.2) is 0 Å². The molecule has 4 unspecified atom stereocenters. The van der Waals surface area contributed by atoms with E-state index in [0.717, 1.165) is 25.8 Å². The van der Waals surface area contributed by atoms with E-state index in [-0.39, 0.29) is 0 Å². The molecule has 1 rings (SSSR count). The fourth-order valence-electron chi connectivity index (χ4n) is 2.76. The largest absolute Gasteiger partial charge is 0.312 e. The van der Waals surface area contributed by atoms with Crippen molar-refractivity contribution in [3.05, 3.63) is 0 Å². The van der Waals surface area contributed by atoms with E-state index in [9.17, 15) is 4.21 Å². The Morgan fingerprint density at radius 1 is 1.41 bits per heavy atom. The van der Waals surface area contributed by atoms with Gasteiger partial charge >= 0.3 is 0 Å². The molecule has 0 saturated heterocycles. The van der Waals surface area contributed by atoms with Crippen molar-refractivity contribution in [2.45, 2.75) is 76.8 Å². The molecule has 0 radical (unpaired) electrons. The van der Waals surface area contributed by atoms with Gasteiger partial charge in [-0.3, -0.25) is 4.21 Å². The molecule has 0 bridgehead atoms. The van der Waals surface area contributed by atoms with E-state index in [1.807, 2.05) is 0 Å². The van der Waals surface area contributed by atoms with Crippen LogP contribution < -0.4 is 5.32 Å². The lowest BCUT2D eigenvalue weighted by molar-refractivity contribution is 0.286. The highest BCUT2D eigenvalue weighted by Gasteiger charge is 2.44. The molecule has 102 valence electrons. The molecular weight excluding hydrogens is 230 g/mol. The minimum Gasteiger partial charge on any atom is -0.312 e. The third-order valence-corrected chi connectivity index (χ3v) is 6.40. The number of hydrogen-bond acceptors (Lipinski definition) is 2. The molecule has 0 heterocycles. The average Bonchev–Trinajstić information content (AvgIpc) is 2.60. The molecular formula is C14H29NOS. The molecule has 1 N–H and O–H groups in total. The van der Waals surface area contributed by atoms with Crippen LogP contribution in [0.1, 0.15) is 60.3 Å². The van der Waals surface area contributed by atoms with Crippen LogP contribution in [-0.4, -0.2) is 27.3 Å². The summed E-state index contributed by atoms with van der Waals surface area (Å²) in [6.45, 7) is 12.1. The van der Waals surface area contributed by atoms with Gasteiger partial charge in [-0.1, -0.05) is 34.6 Å². The van der Waals surface area contributed by atoms with Crippen molar-refractivity contribution in [1.82, 2.24) is 5.32 Å². The first-order valence-electron chi connectivity index (χ1n) is 7.06.